The van der Waals surface area contributed by atoms with Gasteiger partial charge >= 0.3 is 0 Å². The largest absolute Gasteiger partial charge is 0.345 e. The number of carbonyl (C=O) groups is 2. The summed E-state index contributed by atoms with van der Waals surface area (Å²) in [6, 6.07) is 23.0. The molecule has 9 heteroatoms. The number of hydrogen-bond acceptors (Lipinski definition) is 6. The van der Waals surface area contributed by atoms with Crippen molar-refractivity contribution >= 4 is 29.0 Å². The van der Waals surface area contributed by atoms with Gasteiger partial charge in [0.25, 0.3) is 17.5 Å². The fourth-order valence-corrected chi connectivity index (χ4v) is 3.63. The number of carbonyl (C=O) groups excluding carboxylic acids is 2. The zero-order chi connectivity index (χ0) is 24.9. The molecule has 4 rings (SSSR count). The summed E-state index contributed by atoms with van der Waals surface area (Å²) >= 11 is 0. The molecule has 0 unspecified atom stereocenters. The lowest BCUT2D eigenvalue weighted by molar-refractivity contribution is -0.384. The molecule has 1 aliphatic rings. The lowest BCUT2D eigenvalue weighted by Crippen LogP contribution is -2.30. The van der Waals surface area contributed by atoms with Crippen LogP contribution in [0.1, 0.15) is 40.0 Å². The highest BCUT2D eigenvalue weighted by molar-refractivity contribution is 6.20. The molecule has 0 spiro atoms. The minimum Gasteiger partial charge on any atom is -0.345 e. The normalized spacial score (nSPS) is 14.1. The molecular weight excluding hydrogens is 446 g/mol. The summed E-state index contributed by atoms with van der Waals surface area (Å²) in [6.07, 6.45) is 0. The molecule has 1 heterocycles. The van der Waals surface area contributed by atoms with E-state index in [0.717, 1.165) is 5.56 Å². The summed E-state index contributed by atoms with van der Waals surface area (Å²) in [5, 5.41) is 26.2. The Bertz CT molecular complexity index is 1420. The number of rotatable bonds is 5. The van der Waals surface area contributed by atoms with Crippen LogP contribution in [0.15, 0.2) is 89.4 Å². The second-order valence-electron chi connectivity index (χ2n) is 7.71. The molecule has 0 saturated heterocycles. The van der Waals surface area contributed by atoms with Gasteiger partial charge in [-0.15, -0.1) is 0 Å². The van der Waals surface area contributed by atoms with Crippen LogP contribution < -0.4 is 10.6 Å². The number of amides is 2. The lowest BCUT2D eigenvalue weighted by atomic mass is 10.0. The van der Waals surface area contributed by atoms with E-state index in [4.69, 9.17) is 0 Å². The Morgan fingerprint density at radius 3 is 2.23 bits per heavy atom. The van der Waals surface area contributed by atoms with E-state index in [-0.39, 0.29) is 34.4 Å². The maximum atomic E-state index is 13.0. The van der Waals surface area contributed by atoms with E-state index >= 15 is 0 Å². The molecule has 3 aromatic rings. The number of nitro benzene ring substituents is 1. The van der Waals surface area contributed by atoms with Crippen molar-refractivity contribution in [3.8, 4) is 6.07 Å². The maximum absolute atomic E-state index is 13.0. The number of nitriles is 1. The van der Waals surface area contributed by atoms with Gasteiger partial charge in [0, 0.05) is 28.8 Å². The average molecular weight is 465 g/mol. The molecular formula is C26H19N5O4. The van der Waals surface area contributed by atoms with Gasteiger partial charge in [0.15, 0.2) is 0 Å². The van der Waals surface area contributed by atoms with Crippen LogP contribution >= 0.6 is 0 Å². The van der Waals surface area contributed by atoms with E-state index in [1.807, 2.05) is 43.3 Å². The Kier molecular flexibility index (Phi) is 6.46. The molecule has 3 aromatic carbocycles. The van der Waals surface area contributed by atoms with Crippen molar-refractivity contribution in [3.63, 3.8) is 0 Å². The molecule has 0 aromatic heterocycles. The number of aliphatic imine (C=N–C) groups is 1. The van der Waals surface area contributed by atoms with Gasteiger partial charge in [0.2, 0.25) is 0 Å². The standard InChI is InChI=1S/C26H19N5O4/c1-16(17-7-3-2-4-8-17)28-26(33)22(15-27)23-20-9-5-6-10-21(20)24(29-23)30-25(32)18-11-13-19(14-12-18)31(34)35/h2-14,16H,1H3,(H,28,33)(H,29,30,32)/b23-22+/t16-/m0/s1. The summed E-state index contributed by atoms with van der Waals surface area (Å²) in [5.41, 5.74) is 2.00. The first kappa shape index (κ1) is 23.1. The Hall–Kier alpha value is -5.10. The van der Waals surface area contributed by atoms with Crippen molar-refractivity contribution < 1.29 is 14.5 Å². The van der Waals surface area contributed by atoms with Gasteiger partial charge in [-0.2, -0.15) is 5.26 Å². The molecule has 35 heavy (non-hydrogen) atoms. The first-order valence-corrected chi connectivity index (χ1v) is 10.6. The average Bonchev–Trinajstić information content (AvgIpc) is 3.23. The molecule has 2 amide bonds. The number of non-ortho nitro benzene ring substituents is 1. The van der Waals surface area contributed by atoms with Crippen LogP contribution in [0.25, 0.3) is 5.70 Å². The van der Waals surface area contributed by atoms with Crippen molar-refractivity contribution in [2.75, 3.05) is 0 Å². The lowest BCUT2D eigenvalue weighted by Gasteiger charge is -2.14. The zero-order valence-electron chi connectivity index (χ0n) is 18.6. The number of nitro groups is 1. The summed E-state index contributed by atoms with van der Waals surface area (Å²) < 4.78 is 0. The van der Waals surface area contributed by atoms with E-state index in [1.165, 1.54) is 24.3 Å². The van der Waals surface area contributed by atoms with Crippen LogP contribution in [0.5, 0.6) is 0 Å². The highest BCUT2D eigenvalue weighted by Gasteiger charge is 2.28. The van der Waals surface area contributed by atoms with E-state index in [0.29, 0.717) is 11.1 Å². The fourth-order valence-electron chi connectivity index (χ4n) is 3.63. The van der Waals surface area contributed by atoms with E-state index in [1.54, 1.807) is 24.3 Å². The maximum Gasteiger partial charge on any atom is 0.269 e. The summed E-state index contributed by atoms with van der Waals surface area (Å²) in [5.74, 6) is -0.939. The van der Waals surface area contributed by atoms with Crippen LogP contribution in [0.3, 0.4) is 0 Å². The SMILES string of the molecule is C[C@H](NC(=O)/C(C#N)=C1/N=C(NC(=O)c2ccc([N+](=O)[O-])cc2)c2ccccc21)c1ccccc1. The molecule has 1 aliphatic heterocycles. The van der Waals surface area contributed by atoms with Gasteiger partial charge in [-0.1, -0.05) is 54.6 Å². The quantitative estimate of drug-likeness (QED) is 0.255. The van der Waals surface area contributed by atoms with Crippen LogP contribution in [-0.4, -0.2) is 22.6 Å². The van der Waals surface area contributed by atoms with Crippen LogP contribution in [0.2, 0.25) is 0 Å². The monoisotopic (exact) mass is 465 g/mol. The molecule has 2 N–H and O–H groups in total. The van der Waals surface area contributed by atoms with Crippen molar-refractivity contribution in [3.05, 3.63) is 117 Å². The van der Waals surface area contributed by atoms with Gasteiger partial charge < -0.3 is 10.6 Å². The molecule has 9 nitrogen and oxygen atoms in total. The first-order chi connectivity index (χ1) is 16.9. The second-order valence-corrected chi connectivity index (χ2v) is 7.71. The Labute approximate surface area is 200 Å². The molecule has 172 valence electrons. The Balaban J connectivity index is 1.63. The molecule has 0 radical (unpaired) electrons. The van der Waals surface area contributed by atoms with Gasteiger partial charge in [-0.25, -0.2) is 4.99 Å². The highest BCUT2D eigenvalue weighted by atomic mass is 16.6. The number of benzene rings is 3. The summed E-state index contributed by atoms with van der Waals surface area (Å²) in [4.78, 5) is 40.5. The van der Waals surface area contributed by atoms with Crippen LogP contribution in [0, 0.1) is 21.4 Å². The number of hydrogen-bond donors (Lipinski definition) is 2. The minimum atomic E-state index is -0.583. The predicted molar refractivity (Wildman–Crippen MR) is 129 cm³/mol. The summed E-state index contributed by atoms with van der Waals surface area (Å²) in [7, 11) is 0. The number of fused-ring (bicyclic) bond motifs is 1. The van der Waals surface area contributed by atoms with Gasteiger partial charge in [-0.05, 0) is 24.6 Å². The Morgan fingerprint density at radius 2 is 1.60 bits per heavy atom. The number of nitrogens with zero attached hydrogens (tertiary/aromatic N) is 3. The van der Waals surface area contributed by atoms with Crippen molar-refractivity contribution in [2.24, 2.45) is 4.99 Å². The van der Waals surface area contributed by atoms with Crippen molar-refractivity contribution in [1.29, 1.82) is 5.26 Å². The van der Waals surface area contributed by atoms with Gasteiger partial charge in [0.05, 0.1) is 16.7 Å². The van der Waals surface area contributed by atoms with Crippen molar-refractivity contribution in [1.82, 2.24) is 10.6 Å². The third-order valence-corrected chi connectivity index (χ3v) is 5.46. The predicted octanol–water partition coefficient (Wildman–Crippen LogP) is 3.90. The van der Waals surface area contributed by atoms with E-state index < -0.39 is 16.7 Å². The third-order valence-electron chi connectivity index (χ3n) is 5.46. The Morgan fingerprint density at radius 1 is 0.971 bits per heavy atom. The number of nitrogens with one attached hydrogen (secondary N) is 2. The molecule has 0 aliphatic carbocycles. The summed E-state index contributed by atoms with van der Waals surface area (Å²) in [6.45, 7) is 1.81. The van der Waals surface area contributed by atoms with E-state index in [9.17, 15) is 25.0 Å². The topological polar surface area (TPSA) is 137 Å². The highest BCUT2D eigenvalue weighted by Crippen LogP contribution is 2.31. The molecule has 0 bridgehead atoms. The van der Waals surface area contributed by atoms with Crippen LogP contribution in [-0.2, 0) is 4.79 Å². The third kappa shape index (κ3) is 4.82. The fraction of sp³-hybridized carbons (Fsp3) is 0.0769. The first-order valence-electron chi connectivity index (χ1n) is 10.6. The van der Waals surface area contributed by atoms with E-state index in [2.05, 4.69) is 15.6 Å². The molecule has 0 fully saturated rings. The zero-order valence-corrected chi connectivity index (χ0v) is 18.6. The van der Waals surface area contributed by atoms with Gasteiger partial charge in [-0.3, -0.25) is 19.7 Å². The van der Waals surface area contributed by atoms with Gasteiger partial charge in [0.1, 0.15) is 17.5 Å². The van der Waals surface area contributed by atoms with Crippen LogP contribution in [0.4, 0.5) is 5.69 Å². The second kappa shape index (κ2) is 9.80. The number of amidine groups is 1. The molecule has 0 saturated carbocycles. The smallest absolute Gasteiger partial charge is 0.269 e. The minimum absolute atomic E-state index is 0.135. The molecule has 1 atom stereocenters. The van der Waals surface area contributed by atoms with Crippen molar-refractivity contribution in [2.45, 2.75) is 13.0 Å².